The molecule has 0 atom stereocenters. The molecule has 168 valence electrons. The molecular weight excluding hydrogens is 424 g/mol. The Balaban J connectivity index is 1.50. The van der Waals surface area contributed by atoms with Gasteiger partial charge < -0.3 is 14.6 Å². The number of sulfonamides is 1. The molecule has 1 aromatic carbocycles. The van der Waals surface area contributed by atoms with Crippen LogP contribution in [0.2, 0.25) is 0 Å². The lowest BCUT2D eigenvalue weighted by Crippen LogP contribution is -2.43. The van der Waals surface area contributed by atoms with Crippen LogP contribution in [0, 0.1) is 12.8 Å². The number of benzene rings is 1. The summed E-state index contributed by atoms with van der Waals surface area (Å²) in [5.41, 5.74) is 0.298. The largest absolute Gasteiger partial charge is 0.462 e. The second-order valence-electron chi connectivity index (χ2n) is 7.20. The average molecular weight is 451 g/mol. The van der Waals surface area contributed by atoms with Crippen LogP contribution in [0.1, 0.15) is 41.8 Å². The number of rotatable bonds is 8. The molecule has 10 nitrogen and oxygen atoms in total. The Labute approximate surface area is 181 Å². The SMILES string of the molecule is CCOC(=O)c1ccc(S(=O)(=O)N2CCC(C(=O)NCCc3nc(C)no3)CC2)cc1. The molecule has 0 bridgehead atoms. The van der Waals surface area contributed by atoms with Gasteiger partial charge in [0.25, 0.3) is 0 Å². The van der Waals surface area contributed by atoms with Gasteiger partial charge in [-0.2, -0.15) is 9.29 Å². The van der Waals surface area contributed by atoms with E-state index in [0.29, 0.717) is 43.1 Å². The van der Waals surface area contributed by atoms with E-state index in [1.807, 2.05) is 0 Å². The van der Waals surface area contributed by atoms with Gasteiger partial charge in [-0.25, -0.2) is 13.2 Å². The molecule has 1 aliphatic heterocycles. The molecule has 1 saturated heterocycles. The molecule has 1 N–H and O–H groups in total. The number of aromatic nitrogens is 2. The van der Waals surface area contributed by atoms with Crippen LogP contribution in [-0.4, -0.2) is 61.0 Å². The van der Waals surface area contributed by atoms with Crippen LogP contribution < -0.4 is 5.32 Å². The molecule has 1 aromatic heterocycles. The first kappa shape index (κ1) is 22.9. The highest BCUT2D eigenvalue weighted by Gasteiger charge is 2.32. The highest BCUT2D eigenvalue weighted by Crippen LogP contribution is 2.24. The number of carbonyl (C=O) groups excluding carboxylic acids is 2. The number of aryl methyl sites for hydroxylation is 1. The third-order valence-electron chi connectivity index (χ3n) is 5.04. The minimum Gasteiger partial charge on any atom is -0.462 e. The normalized spacial score (nSPS) is 15.5. The molecule has 11 heteroatoms. The van der Waals surface area contributed by atoms with Crippen molar-refractivity contribution in [2.45, 2.75) is 38.0 Å². The molecule has 1 aliphatic rings. The fraction of sp³-hybridized carbons (Fsp3) is 0.500. The number of nitrogens with zero attached hydrogens (tertiary/aromatic N) is 3. The van der Waals surface area contributed by atoms with E-state index in [1.165, 1.54) is 28.6 Å². The number of hydrogen-bond acceptors (Lipinski definition) is 8. The quantitative estimate of drug-likeness (QED) is 0.596. The van der Waals surface area contributed by atoms with Crippen LogP contribution in [0.5, 0.6) is 0 Å². The minimum absolute atomic E-state index is 0.105. The molecule has 1 fully saturated rings. The van der Waals surface area contributed by atoms with Gasteiger partial charge >= 0.3 is 5.97 Å². The van der Waals surface area contributed by atoms with E-state index in [1.54, 1.807) is 13.8 Å². The summed E-state index contributed by atoms with van der Waals surface area (Å²) in [5.74, 6) is 0.166. The number of esters is 1. The second-order valence-corrected chi connectivity index (χ2v) is 9.14. The summed E-state index contributed by atoms with van der Waals surface area (Å²) in [7, 11) is -3.69. The van der Waals surface area contributed by atoms with Gasteiger partial charge in [0.1, 0.15) is 0 Å². The number of hydrogen-bond donors (Lipinski definition) is 1. The maximum atomic E-state index is 12.9. The highest BCUT2D eigenvalue weighted by molar-refractivity contribution is 7.89. The summed E-state index contributed by atoms with van der Waals surface area (Å²) >= 11 is 0. The molecule has 0 saturated carbocycles. The molecule has 31 heavy (non-hydrogen) atoms. The molecule has 0 spiro atoms. The number of nitrogens with one attached hydrogen (secondary N) is 1. The van der Waals surface area contributed by atoms with Gasteiger partial charge in [0.05, 0.1) is 17.1 Å². The van der Waals surface area contributed by atoms with Crippen molar-refractivity contribution < 1.29 is 27.3 Å². The number of carbonyl (C=O) groups is 2. The van der Waals surface area contributed by atoms with Crippen molar-refractivity contribution in [2.75, 3.05) is 26.2 Å². The van der Waals surface area contributed by atoms with E-state index < -0.39 is 16.0 Å². The van der Waals surface area contributed by atoms with E-state index in [9.17, 15) is 18.0 Å². The van der Waals surface area contributed by atoms with Crippen LogP contribution in [-0.2, 0) is 26.0 Å². The molecular formula is C20H26N4O6S. The fourth-order valence-corrected chi connectivity index (χ4v) is 4.83. The average Bonchev–Trinajstić information content (AvgIpc) is 3.19. The molecule has 3 rings (SSSR count). The summed E-state index contributed by atoms with van der Waals surface area (Å²) in [5, 5.41) is 6.54. The van der Waals surface area contributed by atoms with Crippen molar-refractivity contribution in [3.63, 3.8) is 0 Å². The third-order valence-corrected chi connectivity index (χ3v) is 6.95. The molecule has 1 amide bonds. The topological polar surface area (TPSA) is 132 Å². The van der Waals surface area contributed by atoms with Crippen molar-refractivity contribution in [2.24, 2.45) is 5.92 Å². The Morgan fingerprint density at radius 2 is 1.90 bits per heavy atom. The third kappa shape index (κ3) is 5.67. The van der Waals surface area contributed by atoms with Gasteiger partial charge in [-0.1, -0.05) is 5.16 Å². The number of amides is 1. The standard InChI is InChI=1S/C20H26N4O6S/c1-3-29-20(26)16-4-6-17(7-5-16)31(27,28)24-12-9-15(10-13-24)19(25)21-11-8-18-22-14(2)23-30-18/h4-7,15H,3,8-13H2,1-2H3,(H,21,25). The number of ether oxygens (including phenoxy) is 1. The summed E-state index contributed by atoms with van der Waals surface area (Å²) in [4.78, 5) is 28.3. The highest BCUT2D eigenvalue weighted by atomic mass is 32.2. The van der Waals surface area contributed by atoms with Crippen molar-refractivity contribution in [1.29, 1.82) is 0 Å². The summed E-state index contributed by atoms with van der Waals surface area (Å²) < 4.78 is 37.1. The van der Waals surface area contributed by atoms with Crippen LogP contribution in [0.25, 0.3) is 0 Å². The Morgan fingerprint density at radius 3 is 2.48 bits per heavy atom. The monoisotopic (exact) mass is 450 g/mol. The van der Waals surface area contributed by atoms with Crippen LogP contribution >= 0.6 is 0 Å². The molecule has 2 aromatic rings. The van der Waals surface area contributed by atoms with Crippen LogP contribution in [0.3, 0.4) is 0 Å². The van der Waals surface area contributed by atoms with Gasteiger partial charge in [-0.05, 0) is 51.0 Å². The predicted molar refractivity (Wildman–Crippen MR) is 110 cm³/mol. The molecule has 0 unspecified atom stereocenters. The van der Waals surface area contributed by atoms with E-state index >= 15 is 0 Å². The first-order valence-corrected chi connectivity index (χ1v) is 11.6. The van der Waals surface area contributed by atoms with Crippen LogP contribution in [0.4, 0.5) is 0 Å². The second kappa shape index (κ2) is 10.0. The maximum absolute atomic E-state index is 12.9. The zero-order valence-electron chi connectivity index (χ0n) is 17.5. The van der Waals surface area contributed by atoms with E-state index in [0.717, 1.165) is 0 Å². The van der Waals surface area contributed by atoms with Gasteiger partial charge in [-0.15, -0.1) is 0 Å². The Kier molecular flexibility index (Phi) is 7.39. The summed E-state index contributed by atoms with van der Waals surface area (Å²) in [6.45, 7) is 4.56. The van der Waals surface area contributed by atoms with Crippen LogP contribution in [0.15, 0.2) is 33.7 Å². The van der Waals surface area contributed by atoms with Gasteiger partial charge in [0.2, 0.25) is 21.8 Å². The molecule has 0 radical (unpaired) electrons. The van der Waals surface area contributed by atoms with Crippen molar-refractivity contribution >= 4 is 21.9 Å². The summed E-state index contributed by atoms with van der Waals surface area (Å²) in [6.07, 6.45) is 1.32. The fourth-order valence-electron chi connectivity index (χ4n) is 3.36. The Bertz CT molecular complexity index is 1010. The zero-order chi connectivity index (χ0) is 22.4. The minimum atomic E-state index is -3.69. The first-order valence-electron chi connectivity index (χ1n) is 10.2. The number of piperidine rings is 1. The lowest BCUT2D eigenvalue weighted by molar-refractivity contribution is -0.126. The van der Waals surface area contributed by atoms with E-state index in [4.69, 9.17) is 9.26 Å². The van der Waals surface area contributed by atoms with E-state index in [2.05, 4.69) is 15.5 Å². The molecule has 2 heterocycles. The zero-order valence-corrected chi connectivity index (χ0v) is 18.4. The smallest absolute Gasteiger partial charge is 0.338 e. The Hall–Kier alpha value is -2.79. The van der Waals surface area contributed by atoms with Gasteiger partial charge in [-0.3, -0.25) is 4.79 Å². The lowest BCUT2D eigenvalue weighted by Gasteiger charge is -2.30. The lowest BCUT2D eigenvalue weighted by atomic mass is 9.97. The van der Waals surface area contributed by atoms with Crippen molar-refractivity contribution in [3.8, 4) is 0 Å². The molecule has 0 aliphatic carbocycles. The maximum Gasteiger partial charge on any atom is 0.338 e. The van der Waals surface area contributed by atoms with Crippen molar-refractivity contribution in [3.05, 3.63) is 41.5 Å². The van der Waals surface area contributed by atoms with E-state index in [-0.39, 0.29) is 36.4 Å². The Morgan fingerprint density at radius 1 is 1.23 bits per heavy atom. The van der Waals surface area contributed by atoms with Crippen molar-refractivity contribution in [1.82, 2.24) is 19.8 Å². The predicted octanol–water partition coefficient (Wildman–Crippen LogP) is 1.31. The summed E-state index contributed by atoms with van der Waals surface area (Å²) in [6, 6.07) is 5.69. The van der Waals surface area contributed by atoms with Gasteiger partial charge in [0, 0.05) is 32.0 Å². The van der Waals surface area contributed by atoms with Gasteiger partial charge in [0.15, 0.2) is 5.82 Å². The first-order chi connectivity index (χ1) is 14.8.